The van der Waals surface area contributed by atoms with Crippen LogP contribution in [-0.4, -0.2) is 7.11 Å². The summed E-state index contributed by atoms with van der Waals surface area (Å²) in [6.45, 7) is 3.71. The molecule has 2 nitrogen and oxygen atoms in total. The molecule has 0 saturated carbocycles. The molecular formula is C8H10NO. The number of hydrogen-bond acceptors (Lipinski definition) is 2. The van der Waals surface area contributed by atoms with Gasteiger partial charge in [-0.25, -0.2) is 0 Å². The van der Waals surface area contributed by atoms with Crippen molar-refractivity contribution >= 4 is 5.69 Å². The minimum absolute atomic E-state index is 0.666. The Bertz CT molecular complexity index is 233. The van der Waals surface area contributed by atoms with Crippen LogP contribution in [0.2, 0.25) is 0 Å². The SMILES string of the molecule is [CH2]c1ccc(OC)cc1N. The normalized spacial score (nSPS) is 9.40. The van der Waals surface area contributed by atoms with Gasteiger partial charge in [0.05, 0.1) is 7.11 Å². The van der Waals surface area contributed by atoms with Crippen molar-refractivity contribution in [1.29, 1.82) is 0 Å². The van der Waals surface area contributed by atoms with Crippen molar-refractivity contribution in [1.82, 2.24) is 0 Å². The summed E-state index contributed by atoms with van der Waals surface area (Å²) in [6, 6.07) is 5.41. The van der Waals surface area contributed by atoms with E-state index >= 15 is 0 Å². The van der Waals surface area contributed by atoms with E-state index in [0.29, 0.717) is 5.69 Å². The Hall–Kier alpha value is -1.18. The Labute approximate surface area is 60.6 Å². The minimum Gasteiger partial charge on any atom is -0.497 e. The van der Waals surface area contributed by atoms with Gasteiger partial charge in [0.15, 0.2) is 0 Å². The first-order chi connectivity index (χ1) is 4.74. The third-order valence-electron chi connectivity index (χ3n) is 1.35. The second kappa shape index (κ2) is 2.60. The topological polar surface area (TPSA) is 35.2 Å². The molecule has 0 fully saturated rings. The Morgan fingerprint density at radius 1 is 1.50 bits per heavy atom. The van der Waals surface area contributed by atoms with Gasteiger partial charge in [0.25, 0.3) is 0 Å². The van der Waals surface area contributed by atoms with Crippen LogP contribution in [0.1, 0.15) is 5.56 Å². The van der Waals surface area contributed by atoms with Gasteiger partial charge in [0, 0.05) is 11.8 Å². The maximum atomic E-state index is 5.55. The predicted octanol–water partition coefficient (Wildman–Crippen LogP) is 1.46. The van der Waals surface area contributed by atoms with Gasteiger partial charge in [-0.05, 0) is 18.6 Å². The van der Waals surface area contributed by atoms with Crippen LogP contribution in [0.5, 0.6) is 5.75 Å². The Kier molecular flexibility index (Phi) is 1.81. The summed E-state index contributed by atoms with van der Waals surface area (Å²) in [5.41, 5.74) is 7.05. The van der Waals surface area contributed by atoms with Gasteiger partial charge in [-0.15, -0.1) is 0 Å². The average Bonchev–Trinajstić information content (AvgIpc) is 1.95. The zero-order valence-electron chi connectivity index (χ0n) is 5.92. The van der Waals surface area contributed by atoms with E-state index in [1.54, 1.807) is 13.2 Å². The lowest BCUT2D eigenvalue weighted by molar-refractivity contribution is 0.415. The summed E-state index contributed by atoms with van der Waals surface area (Å²) in [6.07, 6.45) is 0. The molecule has 0 aromatic heterocycles. The monoisotopic (exact) mass is 136 g/mol. The zero-order valence-corrected chi connectivity index (χ0v) is 5.92. The maximum Gasteiger partial charge on any atom is 0.120 e. The van der Waals surface area contributed by atoms with Gasteiger partial charge >= 0.3 is 0 Å². The molecule has 0 atom stereocenters. The molecule has 2 N–H and O–H groups in total. The van der Waals surface area contributed by atoms with Gasteiger partial charge < -0.3 is 10.5 Å². The molecule has 0 unspecified atom stereocenters. The molecule has 1 aromatic rings. The number of benzene rings is 1. The summed E-state index contributed by atoms with van der Waals surface area (Å²) < 4.78 is 4.94. The molecule has 10 heavy (non-hydrogen) atoms. The molecule has 0 amide bonds. The Balaban J connectivity index is 3.04. The van der Waals surface area contributed by atoms with Crippen LogP contribution < -0.4 is 10.5 Å². The Morgan fingerprint density at radius 3 is 2.70 bits per heavy atom. The van der Waals surface area contributed by atoms with Crippen LogP contribution in [-0.2, 0) is 0 Å². The molecule has 0 spiro atoms. The number of nitrogen functional groups attached to an aromatic ring is 1. The maximum absolute atomic E-state index is 5.55. The van der Waals surface area contributed by atoms with Crippen molar-refractivity contribution in [3.63, 3.8) is 0 Å². The lowest BCUT2D eigenvalue weighted by Crippen LogP contribution is -1.90. The van der Waals surface area contributed by atoms with Crippen molar-refractivity contribution in [2.45, 2.75) is 0 Å². The number of methoxy groups -OCH3 is 1. The number of ether oxygens (including phenoxy) is 1. The van der Waals surface area contributed by atoms with E-state index in [1.165, 1.54) is 0 Å². The fraction of sp³-hybridized carbons (Fsp3) is 0.125. The average molecular weight is 136 g/mol. The van der Waals surface area contributed by atoms with E-state index in [4.69, 9.17) is 10.5 Å². The van der Waals surface area contributed by atoms with Gasteiger partial charge in [-0.1, -0.05) is 6.07 Å². The summed E-state index contributed by atoms with van der Waals surface area (Å²) in [5.74, 6) is 0.768. The smallest absolute Gasteiger partial charge is 0.120 e. The summed E-state index contributed by atoms with van der Waals surface area (Å²) >= 11 is 0. The highest BCUT2D eigenvalue weighted by Gasteiger charge is 1.93. The van der Waals surface area contributed by atoms with Crippen LogP contribution in [0.4, 0.5) is 5.69 Å². The highest BCUT2D eigenvalue weighted by atomic mass is 16.5. The first-order valence-electron chi connectivity index (χ1n) is 2.99. The van der Waals surface area contributed by atoms with Crippen molar-refractivity contribution in [2.24, 2.45) is 0 Å². The largest absolute Gasteiger partial charge is 0.497 e. The van der Waals surface area contributed by atoms with E-state index in [9.17, 15) is 0 Å². The predicted molar refractivity (Wildman–Crippen MR) is 41.9 cm³/mol. The molecule has 0 aliphatic carbocycles. The summed E-state index contributed by atoms with van der Waals surface area (Å²) in [4.78, 5) is 0. The highest BCUT2D eigenvalue weighted by Crippen LogP contribution is 2.17. The van der Waals surface area contributed by atoms with E-state index in [0.717, 1.165) is 11.3 Å². The molecule has 1 rings (SSSR count). The van der Waals surface area contributed by atoms with Crippen molar-refractivity contribution < 1.29 is 4.74 Å². The van der Waals surface area contributed by atoms with Crippen LogP contribution in [0.15, 0.2) is 18.2 Å². The standard InChI is InChI=1S/C8H10NO/c1-6-3-4-7(10-2)5-8(6)9/h3-5H,1,9H2,2H3. The van der Waals surface area contributed by atoms with Crippen LogP contribution in [0.25, 0.3) is 0 Å². The number of nitrogens with two attached hydrogens (primary N) is 1. The van der Waals surface area contributed by atoms with Crippen LogP contribution in [0, 0.1) is 6.92 Å². The van der Waals surface area contributed by atoms with E-state index in [-0.39, 0.29) is 0 Å². The molecule has 2 heteroatoms. The molecule has 53 valence electrons. The van der Waals surface area contributed by atoms with E-state index in [1.807, 2.05) is 12.1 Å². The van der Waals surface area contributed by atoms with Crippen LogP contribution >= 0.6 is 0 Å². The van der Waals surface area contributed by atoms with Crippen LogP contribution in [0.3, 0.4) is 0 Å². The molecule has 0 saturated heterocycles. The van der Waals surface area contributed by atoms with Gasteiger partial charge in [0.1, 0.15) is 5.75 Å². The Morgan fingerprint density at radius 2 is 2.20 bits per heavy atom. The molecular weight excluding hydrogens is 126 g/mol. The van der Waals surface area contributed by atoms with Crippen molar-refractivity contribution in [2.75, 3.05) is 12.8 Å². The van der Waals surface area contributed by atoms with E-state index < -0.39 is 0 Å². The van der Waals surface area contributed by atoms with Gasteiger partial charge in [0.2, 0.25) is 0 Å². The number of anilines is 1. The fourth-order valence-electron chi connectivity index (χ4n) is 0.700. The van der Waals surface area contributed by atoms with Gasteiger partial charge in [-0.3, -0.25) is 0 Å². The van der Waals surface area contributed by atoms with Crippen molar-refractivity contribution in [3.8, 4) is 5.75 Å². The fourth-order valence-corrected chi connectivity index (χ4v) is 0.700. The molecule has 0 aliphatic rings. The molecule has 0 bridgehead atoms. The molecule has 0 aliphatic heterocycles. The van der Waals surface area contributed by atoms with Gasteiger partial charge in [-0.2, -0.15) is 0 Å². The van der Waals surface area contributed by atoms with Crippen molar-refractivity contribution in [3.05, 3.63) is 30.7 Å². The minimum atomic E-state index is 0.666. The molecule has 0 heterocycles. The second-order valence-corrected chi connectivity index (χ2v) is 2.06. The zero-order chi connectivity index (χ0) is 7.56. The first-order valence-corrected chi connectivity index (χ1v) is 2.99. The third kappa shape index (κ3) is 1.21. The first kappa shape index (κ1) is 6.93. The number of hydrogen-bond donors (Lipinski definition) is 1. The third-order valence-corrected chi connectivity index (χ3v) is 1.35. The molecule has 1 aromatic carbocycles. The second-order valence-electron chi connectivity index (χ2n) is 2.06. The quantitative estimate of drug-likeness (QED) is 0.593. The molecule has 1 radical (unpaired) electrons. The highest BCUT2D eigenvalue weighted by molar-refractivity contribution is 5.52. The lowest BCUT2D eigenvalue weighted by Gasteiger charge is -2.02. The number of rotatable bonds is 1. The lowest BCUT2D eigenvalue weighted by atomic mass is 10.2. The summed E-state index contributed by atoms with van der Waals surface area (Å²) in [7, 11) is 1.61. The summed E-state index contributed by atoms with van der Waals surface area (Å²) in [5, 5.41) is 0. The van der Waals surface area contributed by atoms with E-state index in [2.05, 4.69) is 6.92 Å².